The Morgan fingerprint density at radius 3 is 2.18 bits per heavy atom. The fourth-order valence-electron chi connectivity index (χ4n) is 3.76. The Kier molecular flexibility index (Phi) is 8.33. The SMILES string of the molecule is Cc1cccc(N(CCc2ccc(OC(C)(C)C(=O)O)cc2)Cc2ccc(C(C)(F)F)cc2C(F)(F)F)n1. The van der Waals surface area contributed by atoms with Crippen molar-refractivity contribution in [2.24, 2.45) is 0 Å². The van der Waals surface area contributed by atoms with Crippen LogP contribution in [0.1, 0.15) is 48.7 Å². The van der Waals surface area contributed by atoms with Crippen molar-refractivity contribution < 1.29 is 36.6 Å². The van der Waals surface area contributed by atoms with Crippen LogP contribution in [0.2, 0.25) is 0 Å². The Morgan fingerprint density at radius 1 is 0.974 bits per heavy atom. The second-order valence-corrected chi connectivity index (χ2v) is 9.63. The minimum Gasteiger partial charge on any atom is -0.478 e. The molecule has 0 fully saturated rings. The summed E-state index contributed by atoms with van der Waals surface area (Å²) in [6.45, 7) is 5.26. The summed E-state index contributed by atoms with van der Waals surface area (Å²) in [5.41, 5.74) is -1.87. The van der Waals surface area contributed by atoms with E-state index in [-0.39, 0.29) is 18.7 Å². The van der Waals surface area contributed by atoms with E-state index < -0.39 is 34.8 Å². The Hall–Kier alpha value is -3.69. The number of carbonyl (C=O) groups is 1. The lowest BCUT2D eigenvalue weighted by Crippen LogP contribution is -2.37. The largest absolute Gasteiger partial charge is 0.478 e. The Morgan fingerprint density at radius 2 is 1.63 bits per heavy atom. The van der Waals surface area contributed by atoms with Gasteiger partial charge in [0.1, 0.15) is 11.6 Å². The van der Waals surface area contributed by atoms with Gasteiger partial charge in [-0.1, -0.05) is 30.3 Å². The number of ether oxygens (including phenoxy) is 1. The summed E-state index contributed by atoms with van der Waals surface area (Å²) in [4.78, 5) is 17.4. The van der Waals surface area contributed by atoms with E-state index in [1.165, 1.54) is 13.8 Å². The van der Waals surface area contributed by atoms with Crippen molar-refractivity contribution in [3.8, 4) is 5.75 Å². The molecular weight excluding hydrogens is 507 g/mol. The number of aromatic nitrogens is 1. The van der Waals surface area contributed by atoms with Gasteiger partial charge >= 0.3 is 12.1 Å². The normalized spacial score (nSPS) is 12.3. The van der Waals surface area contributed by atoms with Crippen LogP contribution in [-0.2, 0) is 29.9 Å². The van der Waals surface area contributed by atoms with Gasteiger partial charge in [0.25, 0.3) is 5.92 Å². The van der Waals surface area contributed by atoms with Crippen LogP contribution in [0.5, 0.6) is 5.75 Å². The standard InChI is InChI=1S/C28H29F5N2O3/c1-18-6-5-7-24(34-18)35(15-14-19-8-12-22(13-9-19)38-26(2,3)25(36)37)17-20-10-11-21(27(4,29)30)16-23(20)28(31,32)33/h5-13,16H,14-15,17H2,1-4H3,(H,36,37). The molecule has 0 saturated heterocycles. The fourth-order valence-corrected chi connectivity index (χ4v) is 3.76. The average molecular weight is 537 g/mol. The number of pyridine rings is 1. The van der Waals surface area contributed by atoms with Gasteiger partial charge in [0.15, 0.2) is 5.60 Å². The lowest BCUT2D eigenvalue weighted by Gasteiger charge is -2.27. The molecule has 0 unspecified atom stereocenters. The van der Waals surface area contributed by atoms with Crippen molar-refractivity contribution in [3.05, 3.63) is 88.6 Å². The smallest absolute Gasteiger partial charge is 0.416 e. The summed E-state index contributed by atoms with van der Waals surface area (Å²) in [5, 5.41) is 9.23. The maximum atomic E-state index is 13.9. The molecule has 3 aromatic rings. The third kappa shape index (κ3) is 7.43. The molecular formula is C28H29F5N2O3. The van der Waals surface area contributed by atoms with Crippen LogP contribution >= 0.6 is 0 Å². The number of carboxylic acid groups (broad SMARTS) is 1. The first-order valence-corrected chi connectivity index (χ1v) is 11.8. The summed E-state index contributed by atoms with van der Waals surface area (Å²) < 4.78 is 74.6. The van der Waals surface area contributed by atoms with Gasteiger partial charge in [0.2, 0.25) is 0 Å². The zero-order chi connectivity index (χ0) is 28.3. The molecule has 1 N–H and O–H groups in total. The highest BCUT2D eigenvalue weighted by Gasteiger charge is 2.36. The van der Waals surface area contributed by atoms with Crippen LogP contribution in [0, 0.1) is 6.92 Å². The molecule has 0 spiro atoms. The van der Waals surface area contributed by atoms with Crippen LogP contribution in [0.15, 0.2) is 60.7 Å². The molecule has 1 aromatic heterocycles. The molecule has 0 radical (unpaired) electrons. The van der Waals surface area contributed by atoms with Gasteiger partial charge < -0.3 is 14.7 Å². The van der Waals surface area contributed by atoms with Gasteiger partial charge in [-0.3, -0.25) is 0 Å². The van der Waals surface area contributed by atoms with E-state index in [2.05, 4.69) is 4.98 Å². The van der Waals surface area contributed by atoms with Crippen LogP contribution in [-0.4, -0.2) is 28.2 Å². The van der Waals surface area contributed by atoms with Crippen LogP contribution in [0.3, 0.4) is 0 Å². The van der Waals surface area contributed by atoms with Crippen molar-refractivity contribution in [2.45, 2.75) is 58.4 Å². The summed E-state index contributed by atoms with van der Waals surface area (Å²) in [6.07, 6.45) is -4.40. The number of hydrogen-bond donors (Lipinski definition) is 1. The molecule has 0 aliphatic heterocycles. The quantitative estimate of drug-likeness (QED) is 0.283. The molecule has 3 rings (SSSR count). The Balaban J connectivity index is 1.87. The first-order valence-electron chi connectivity index (χ1n) is 11.8. The summed E-state index contributed by atoms with van der Waals surface area (Å²) in [5.74, 6) is -3.71. The molecule has 0 bridgehead atoms. The maximum absolute atomic E-state index is 13.9. The van der Waals surface area contributed by atoms with E-state index in [0.717, 1.165) is 17.7 Å². The van der Waals surface area contributed by atoms with Crippen LogP contribution in [0.25, 0.3) is 0 Å². The molecule has 0 aliphatic rings. The van der Waals surface area contributed by atoms with E-state index in [1.807, 2.05) is 0 Å². The second kappa shape index (κ2) is 11.0. The Bertz CT molecular complexity index is 1270. The monoisotopic (exact) mass is 536 g/mol. The summed E-state index contributed by atoms with van der Waals surface area (Å²) >= 11 is 0. The van der Waals surface area contributed by atoms with Crippen molar-refractivity contribution in [1.29, 1.82) is 0 Å². The number of hydrogen-bond acceptors (Lipinski definition) is 4. The van der Waals surface area contributed by atoms with E-state index >= 15 is 0 Å². The second-order valence-electron chi connectivity index (χ2n) is 9.63. The van der Waals surface area contributed by atoms with Crippen molar-refractivity contribution in [1.82, 2.24) is 4.98 Å². The number of carboxylic acids is 1. The number of aliphatic carboxylic acids is 1. The van der Waals surface area contributed by atoms with Crippen LogP contribution < -0.4 is 9.64 Å². The number of anilines is 1. The molecule has 5 nitrogen and oxygen atoms in total. The highest BCUT2D eigenvalue weighted by Crippen LogP contribution is 2.37. The van der Waals surface area contributed by atoms with E-state index in [1.54, 1.807) is 54.3 Å². The van der Waals surface area contributed by atoms with Gasteiger partial charge in [0, 0.05) is 31.3 Å². The van der Waals surface area contributed by atoms with Gasteiger partial charge in [-0.05, 0) is 68.7 Å². The van der Waals surface area contributed by atoms with Gasteiger partial charge in [0.05, 0.1) is 5.56 Å². The van der Waals surface area contributed by atoms with Crippen molar-refractivity contribution >= 4 is 11.8 Å². The van der Waals surface area contributed by atoms with Crippen molar-refractivity contribution in [3.63, 3.8) is 0 Å². The maximum Gasteiger partial charge on any atom is 0.416 e. The minimum absolute atomic E-state index is 0.145. The number of halogens is 5. The topological polar surface area (TPSA) is 62.7 Å². The molecule has 10 heteroatoms. The molecule has 0 amide bonds. The predicted molar refractivity (Wildman–Crippen MR) is 134 cm³/mol. The molecule has 1 heterocycles. The van der Waals surface area contributed by atoms with Gasteiger partial charge in [-0.25, -0.2) is 18.6 Å². The first-order chi connectivity index (χ1) is 17.6. The molecule has 38 heavy (non-hydrogen) atoms. The van der Waals surface area contributed by atoms with E-state index in [0.29, 0.717) is 36.7 Å². The number of rotatable bonds is 10. The van der Waals surface area contributed by atoms with E-state index in [9.17, 15) is 31.9 Å². The average Bonchev–Trinajstić information content (AvgIpc) is 2.81. The number of aryl methyl sites for hydroxylation is 1. The molecule has 2 aromatic carbocycles. The lowest BCUT2D eigenvalue weighted by molar-refractivity contribution is -0.152. The third-order valence-corrected chi connectivity index (χ3v) is 5.96. The summed E-state index contributed by atoms with van der Waals surface area (Å²) in [6, 6.07) is 14.5. The minimum atomic E-state index is -4.82. The number of benzene rings is 2. The molecule has 0 atom stereocenters. The Labute approximate surface area is 217 Å². The van der Waals surface area contributed by atoms with E-state index in [4.69, 9.17) is 4.74 Å². The van der Waals surface area contributed by atoms with Gasteiger partial charge in [-0.15, -0.1) is 0 Å². The zero-order valence-corrected chi connectivity index (χ0v) is 21.4. The summed E-state index contributed by atoms with van der Waals surface area (Å²) in [7, 11) is 0. The first kappa shape index (κ1) is 28.9. The van der Waals surface area contributed by atoms with Gasteiger partial charge in [-0.2, -0.15) is 13.2 Å². The molecule has 0 aliphatic carbocycles. The highest BCUT2D eigenvalue weighted by atomic mass is 19.4. The lowest BCUT2D eigenvalue weighted by atomic mass is 9.99. The highest BCUT2D eigenvalue weighted by molar-refractivity contribution is 5.76. The molecule has 204 valence electrons. The van der Waals surface area contributed by atoms with Crippen LogP contribution in [0.4, 0.5) is 27.8 Å². The third-order valence-electron chi connectivity index (χ3n) is 5.96. The van der Waals surface area contributed by atoms with Crippen molar-refractivity contribution in [2.75, 3.05) is 11.4 Å². The number of nitrogens with zero attached hydrogens (tertiary/aromatic N) is 2. The number of alkyl halides is 5. The molecule has 0 saturated carbocycles. The fraction of sp³-hybridized carbons (Fsp3) is 0.357. The predicted octanol–water partition coefficient (Wildman–Crippen LogP) is 7.01. The zero-order valence-electron chi connectivity index (χ0n) is 21.4.